The number of benzene rings is 2. The molecule has 0 radical (unpaired) electrons. The van der Waals surface area contributed by atoms with Crippen molar-refractivity contribution in [3.8, 4) is 0 Å². The maximum absolute atomic E-state index is 13.4. The summed E-state index contributed by atoms with van der Waals surface area (Å²) in [4.78, 5) is 11.7. The second kappa shape index (κ2) is 7.55. The number of esters is 1. The summed E-state index contributed by atoms with van der Waals surface area (Å²) in [7, 11) is 0. The van der Waals surface area contributed by atoms with Crippen molar-refractivity contribution in [2.75, 3.05) is 6.61 Å². The second-order valence-corrected chi connectivity index (χ2v) is 5.85. The van der Waals surface area contributed by atoms with Crippen LogP contribution in [0, 0.1) is 0 Å². The van der Waals surface area contributed by atoms with Crippen LogP contribution in [0.5, 0.6) is 0 Å². The first-order valence-electron chi connectivity index (χ1n) is 7.56. The number of ether oxygens (including phenoxy) is 2. The summed E-state index contributed by atoms with van der Waals surface area (Å²) in [6, 6.07) is 8.70. The molecule has 0 bridgehead atoms. The minimum absolute atomic E-state index is 0.00262. The van der Waals surface area contributed by atoms with Gasteiger partial charge in [-0.05, 0) is 23.9 Å². The lowest BCUT2D eigenvalue weighted by molar-refractivity contribution is -0.371. The maximum atomic E-state index is 13.4. The molecular formula is C17H13ClF6O3. The lowest BCUT2D eigenvalue weighted by Crippen LogP contribution is -2.64. The molecule has 0 heterocycles. The van der Waals surface area contributed by atoms with Crippen LogP contribution in [-0.2, 0) is 20.9 Å². The average molecular weight is 415 g/mol. The van der Waals surface area contributed by atoms with Gasteiger partial charge < -0.3 is 9.47 Å². The predicted octanol–water partition coefficient (Wildman–Crippen LogP) is 5.44. The van der Waals surface area contributed by atoms with E-state index in [1.807, 2.05) is 0 Å². The monoisotopic (exact) mass is 414 g/mol. The van der Waals surface area contributed by atoms with Crippen molar-refractivity contribution >= 4 is 28.3 Å². The molecular weight excluding hydrogens is 402 g/mol. The van der Waals surface area contributed by atoms with Gasteiger partial charge in [0.2, 0.25) is 0 Å². The van der Waals surface area contributed by atoms with Crippen LogP contribution in [0.4, 0.5) is 26.3 Å². The number of halogens is 7. The minimum Gasteiger partial charge on any atom is -0.463 e. The Hall–Kier alpha value is -2.00. The second-order valence-electron chi connectivity index (χ2n) is 5.44. The quantitative estimate of drug-likeness (QED) is 0.483. The molecule has 0 aromatic heterocycles. The van der Waals surface area contributed by atoms with Gasteiger partial charge in [0.15, 0.2) is 0 Å². The summed E-state index contributed by atoms with van der Waals surface area (Å²) < 4.78 is 88.4. The largest absolute Gasteiger partial charge is 0.463 e. The van der Waals surface area contributed by atoms with Crippen LogP contribution in [0.2, 0.25) is 5.02 Å². The van der Waals surface area contributed by atoms with Crippen molar-refractivity contribution in [1.82, 2.24) is 0 Å². The van der Waals surface area contributed by atoms with Gasteiger partial charge in [-0.2, -0.15) is 26.3 Å². The first-order valence-corrected chi connectivity index (χ1v) is 7.94. The first kappa shape index (κ1) is 21.3. The van der Waals surface area contributed by atoms with E-state index in [0.717, 1.165) is 6.92 Å². The molecule has 2 rings (SSSR count). The highest BCUT2D eigenvalue weighted by Crippen LogP contribution is 2.47. The van der Waals surface area contributed by atoms with Gasteiger partial charge in [0, 0.05) is 10.4 Å². The van der Waals surface area contributed by atoms with Crippen LogP contribution in [0.1, 0.15) is 12.5 Å². The highest BCUT2D eigenvalue weighted by molar-refractivity contribution is 6.35. The molecule has 0 saturated carbocycles. The van der Waals surface area contributed by atoms with Gasteiger partial charge in [0.1, 0.15) is 0 Å². The zero-order valence-electron chi connectivity index (χ0n) is 13.7. The third kappa shape index (κ3) is 3.84. The van der Waals surface area contributed by atoms with Gasteiger partial charge in [0.05, 0.1) is 13.2 Å². The molecule has 0 atom stereocenters. The molecule has 10 heteroatoms. The molecule has 0 spiro atoms. The highest BCUT2D eigenvalue weighted by atomic mass is 35.5. The van der Waals surface area contributed by atoms with Crippen LogP contribution >= 0.6 is 11.6 Å². The molecule has 0 amide bonds. The van der Waals surface area contributed by atoms with E-state index in [9.17, 15) is 31.1 Å². The van der Waals surface area contributed by atoms with Gasteiger partial charge in [-0.1, -0.05) is 41.9 Å². The van der Waals surface area contributed by atoms with Gasteiger partial charge in [-0.15, -0.1) is 0 Å². The van der Waals surface area contributed by atoms with Crippen LogP contribution in [-0.4, -0.2) is 30.5 Å². The molecule has 27 heavy (non-hydrogen) atoms. The Morgan fingerprint density at radius 1 is 0.963 bits per heavy atom. The fourth-order valence-corrected chi connectivity index (χ4v) is 2.71. The zero-order valence-corrected chi connectivity index (χ0v) is 14.5. The third-order valence-corrected chi connectivity index (χ3v) is 4.10. The maximum Gasteiger partial charge on any atom is 0.437 e. The summed E-state index contributed by atoms with van der Waals surface area (Å²) in [5.41, 5.74) is -5.10. The standard InChI is InChI=1S/C17H13ClF6O3/c1-2-26-14(25)15(16(19,20)21,17(22,23)24)27-9-10-7-8-13(18)12-6-4-3-5-11(10)12/h3-8H,2,9H2,1H3. The number of hydrogen-bond donors (Lipinski definition) is 0. The first-order chi connectivity index (χ1) is 12.5. The van der Waals surface area contributed by atoms with Crippen molar-refractivity contribution in [3.05, 3.63) is 47.0 Å². The molecule has 0 aliphatic heterocycles. The number of alkyl halides is 6. The SMILES string of the molecule is CCOC(=O)C(OCc1ccc(Cl)c2ccccc12)(C(F)(F)F)C(F)(F)F. The summed E-state index contributed by atoms with van der Waals surface area (Å²) in [5, 5.41) is 0.978. The fourth-order valence-electron chi connectivity index (χ4n) is 2.48. The number of hydrogen-bond acceptors (Lipinski definition) is 3. The van der Waals surface area contributed by atoms with Crippen molar-refractivity contribution < 1.29 is 40.6 Å². The number of carbonyl (C=O) groups excluding carboxylic acids is 1. The van der Waals surface area contributed by atoms with Crippen LogP contribution in [0.15, 0.2) is 36.4 Å². The van der Waals surface area contributed by atoms with Gasteiger partial charge in [0.25, 0.3) is 0 Å². The molecule has 2 aromatic carbocycles. The normalized spacial score (nSPS) is 13.0. The predicted molar refractivity (Wildman–Crippen MR) is 85.2 cm³/mol. The van der Waals surface area contributed by atoms with Crippen LogP contribution in [0.25, 0.3) is 10.8 Å². The molecule has 0 aliphatic carbocycles. The molecule has 2 aromatic rings. The van der Waals surface area contributed by atoms with E-state index in [2.05, 4.69) is 9.47 Å². The third-order valence-electron chi connectivity index (χ3n) is 3.77. The van der Waals surface area contributed by atoms with E-state index in [0.29, 0.717) is 10.8 Å². The lowest BCUT2D eigenvalue weighted by atomic mass is 10.0. The lowest BCUT2D eigenvalue weighted by Gasteiger charge is -2.34. The van der Waals surface area contributed by atoms with E-state index >= 15 is 0 Å². The van der Waals surface area contributed by atoms with Gasteiger partial charge in [-0.3, -0.25) is 0 Å². The van der Waals surface area contributed by atoms with Crippen LogP contribution < -0.4 is 0 Å². The van der Waals surface area contributed by atoms with Crippen LogP contribution in [0.3, 0.4) is 0 Å². The molecule has 0 aliphatic rings. The van der Waals surface area contributed by atoms with E-state index in [1.54, 1.807) is 12.1 Å². The minimum atomic E-state index is -6.08. The summed E-state index contributed by atoms with van der Waals surface area (Å²) >= 11 is 5.98. The number of fused-ring (bicyclic) bond motifs is 1. The average Bonchev–Trinajstić information content (AvgIpc) is 2.55. The number of rotatable bonds is 5. The van der Waals surface area contributed by atoms with Crippen molar-refractivity contribution in [2.45, 2.75) is 31.5 Å². The topological polar surface area (TPSA) is 35.5 Å². The zero-order chi connectivity index (χ0) is 20.5. The Kier molecular flexibility index (Phi) is 5.96. The Morgan fingerprint density at radius 2 is 1.52 bits per heavy atom. The molecule has 148 valence electrons. The Bertz CT molecular complexity index is 818. The molecule has 0 saturated heterocycles. The smallest absolute Gasteiger partial charge is 0.437 e. The van der Waals surface area contributed by atoms with Crippen molar-refractivity contribution in [2.24, 2.45) is 0 Å². The fraction of sp³-hybridized carbons (Fsp3) is 0.353. The molecule has 3 nitrogen and oxygen atoms in total. The molecule has 0 N–H and O–H groups in total. The summed E-state index contributed by atoms with van der Waals surface area (Å²) in [6.07, 6.45) is -12.2. The molecule has 0 unspecified atom stereocenters. The highest BCUT2D eigenvalue weighted by Gasteiger charge is 2.78. The number of carbonyl (C=O) groups is 1. The van der Waals surface area contributed by atoms with E-state index < -0.39 is 37.1 Å². The van der Waals surface area contributed by atoms with E-state index in [-0.39, 0.29) is 10.6 Å². The Labute approximate surface area is 154 Å². The summed E-state index contributed by atoms with van der Waals surface area (Å²) in [6.45, 7) is -0.738. The van der Waals surface area contributed by atoms with Gasteiger partial charge >= 0.3 is 23.9 Å². The van der Waals surface area contributed by atoms with E-state index in [1.165, 1.54) is 24.3 Å². The Morgan fingerprint density at radius 3 is 2.04 bits per heavy atom. The Balaban J connectivity index is 2.52. The van der Waals surface area contributed by atoms with E-state index in [4.69, 9.17) is 11.6 Å². The summed E-state index contributed by atoms with van der Waals surface area (Å²) in [5.74, 6) is -2.57. The molecule has 0 fully saturated rings. The van der Waals surface area contributed by atoms with Crippen molar-refractivity contribution in [1.29, 1.82) is 0 Å². The van der Waals surface area contributed by atoms with Crippen molar-refractivity contribution in [3.63, 3.8) is 0 Å². The van der Waals surface area contributed by atoms with Gasteiger partial charge in [-0.25, -0.2) is 4.79 Å².